The van der Waals surface area contributed by atoms with E-state index < -0.39 is 10.0 Å². The van der Waals surface area contributed by atoms with Crippen molar-refractivity contribution in [1.29, 1.82) is 0 Å². The Morgan fingerprint density at radius 2 is 2.05 bits per heavy atom. The zero-order chi connectivity index (χ0) is 15.5. The Balaban J connectivity index is 2.29. The quantitative estimate of drug-likeness (QED) is 0.851. The summed E-state index contributed by atoms with van der Waals surface area (Å²) >= 11 is 0. The van der Waals surface area contributed by atoms with Crippen molar-refractivity contribution in [1.82, 2.24) is 9.78 Å². The lowest BCUT2D eigenvalue weighted by Gasteiger charge is -2.14. The zero-order valence-electron chi connectivity index (χ0n) is 12.2. The summed E-state index contributed by atoms with van der Waals surface area (Å²) in [5.41, 5.74) is 6.98. The molecule has 0 aliphatic rings. The van der Waals surface area contributed by atoms with Gasteiger partial charge >= 0.3 is 0 Å². The third kappa shape index (κ3) is 3.62. The van der Waals surface area contributed by atoms with E-state index in [0.717, 1.165) is 5.56 Å². The molecule has 2 rings (SSSR count). The van der Waals surface area contributed by atoms with Gasteiger partial charge in [0.2, 0.25) is 0 Å². The lowest BCUT2D eigenvalue weighted by Crippen LogP contribution is -2.14. The molecule has 1 aromatic heterocycles. The van der Waals surface area contributed by atoms with Gasteiger partial charge < -0.3 is 5.73 Å². The van der Waals surface area contributed by atoms with Crippen LogP contribution in [0.1, 0.15) is 25.3 Å². The molecular formula is C14H20N4O2S. The highest BCUT2D eigenvalue weighted by Crippen LogP contribution is 2.25. The highest BCUT2D eigenvalue weighted by molar-refractivity contribution is 7.92. The van der Waals surface area contributed by atoms with Crippen molar-refractivity contribution in [2.75, 3.05) is 11.3 Å². The zero-order valence-corrected chi connectivity index (χ0v) is 13.0. The van der Waals surface area contributed by atoms with Gasteiger partial charge in [0.15, 0.2) is 0 Å². The first kappa shape index (κ1) is 15.5. The smallest absolute Gasteiger partial charge is 0.265 e. The summed E-state index contributed by atoms with van der Waals surface area (Å²) < 4.78 is 28.9. The summed E-state index contributed by atoms with van der Waals surface area (Å²) in [5.74, 6) is 0.226. The Labute approximate surface area is 125 Å². The minimum absolute atomic E-state index is 0.134. The van der Waals surface area contributed by atoms with Crippen LogP contribution in [-0.4, -0.2) is 24.7 Å². The first-order chi connectivity index (χ1) is 9.94. The van der Waals surface area contributed by atoms with Gasteiger partial charge in [-0.05, 0) is 17.5 Å². The van der Waals surface area contributed by atoms with Gasteiger partial charge in [-0.25, -0.2) is 8.42 Å². The SMILES string of the molecule is CC(C)c1ccccc1NS(=O)(=O)c1cnn(CCN)c1. The van der Waals surface area contributed by atoms with E-state index in [0.29, 0.717) is 18.8 Å². The van der Waals surface area contributed by atoms with Crippen LogP contribution in [0, 0.1) is 0 Å². The van der Waals surface area contributed by atoms with Crippen LogP contribution in [0.15, 0.2) is 41.6 Å². The summed E-state index contributed by atoms with van der Waals surface area (Å²) in [4.78, 5) is 0.134. The fraction of sp³-hybridized carbons (Fsp3) is 0.357. The maximum Gasteiger partial charge on any atom is 0.265 e. The van der Waals surface area contributed by atoms with Crippen LogP contribution in [0.5, 0.6) is 0 Å². The summed E-state index contributed by atoms with van der Waals surface area (Å²) in [6, 6.07) is 7.38. The number of anilines is 1. The van der Waals surface area contributed by atoms with Crippen molar-refractivity contribution in [2.45, 2.75) is 31.2 Å². The molecule has 0 bridgehead atoms. The number of sulfonamides is 1. The Kier molecular flexibility index (Phi) is 4.64. The Morgan fingerprint density at radius 1 is 1.33 bits per heavy atom. The molecule has 114 valence electrons. The number of hydrogen-bond donors (Lipinski definition) is 2. The van der Waals surface area contributed by atoms with Gasteiger partial charge in [0, 0.05) is 12.7 Å². The van der Waals surface area contributed by atoms with E-state index in [-0.39, 0.29) is 10.8 Å². The predicted octanol–water partition coefficient (Wildman–Crippen LogP) is 1.77. The number of para-hydroxylation sites is 1. The Bertz CT molecular complexity index is 707. The number of benzene rings is 1. The van der Waals surface area contributed by atoms with E-state index in [4.69, 9.17) is 5.73 Å². The Hall–Kier alpha value is -1.86. The molecule has 1 aromatic carbocycles. The van der Waals surface area contributed by atoms with E-state index in [1.807, 2.05) is 32.0 Å². The van der Waals surface area contributed by atoms with Crippen LogP contribution in [0.3, 0.4) is 0 Å². The fourth-order valence-corrected chi connectivity index (χ4v) is 3.07. The topological polar surface area (TPSA) is 90.0 Å². The molecule has 0 saturated carbocycles. The third-order valence-electron chi connectivity index (χ3n) is 3.11. The van der Waals surface area contributed by atoms with E-state index in [1.54, 1.807) is 6.07 Å². The molecule has 6 nitrogen and oxygen atoms in total. The van der Waals surface area contributed by atoms with Crippen LogP contribution in [0.2, 0.25) is 0 Å². The summed E-state index contributed by atoms with van der Waals surface area (Å²) in [5, 5.41) is 3.99. The number of nitrogens with one attached hydrogen (secondary N) is 1. The maximum absolute atomic E-state index is 12.4. The van der Waals surface area contributed by atoms with Gasteiger partial charge in [-0.15, -0.1) is 0 Å². The number of hydrogen-bond acceptors (Lipinski definition) is 4. The molecule has 2 aromatic rings. The lowest BCUT2D eigenvalue weighted by molar-refractivity contribution is 0.599. The van der Waals surface area contributed by atoms with Gasteiger partial charge in [-0.1, -0.05) is 32.0 Å². The van der Waals surface area contributed by atoms with E-state index in [1.165, 1.54) is 17.1 Å². The molecule has 1 heterocycles. The number of nitrogens with zero attached hydrogens (tertiary/aromatic N) is 2. The van der Waals surface area contributed by atoms with Crippen molar-refractivity contribution in [3.8, 4) is 0 Å². The minimum Gasteiger partial charge on any atom is -0.329 e. The van der Waals surface area contributed by atoms with Crippen LogP contribution in [0.25, 0.3) is 0 Å². The summed E-state index contributed by atoms with van der Waals surface area (Å²) in [7, 11) is -3.64. The van der Waals surface area contributed by atoms with Crippen LogP contribution >= 0.6 is 0 Å². The van der Waals surface area contributed by atoms with Crippen molar-refractivity contribution < 1.29 is 8.42 Å². The molecule has 0 aliphatic heterocycles. The van der Waals surface area contributed by atoms with Crippen molar-refractivity contribution in [3.63, 3.8) is 0 Å². The molecule has 0 amide bonds. The second-order valence-corrected chi connectivity index (χ2v) is 6.76. The second-order valence-electron chi connectivity index (χ2n) is 5.08. The molecular weight excluding hydrogens is 288 g/mol. The molecule has 21 heavy (non-hydrogen) atoms. The van der Waals surface area contributed by atoms with Gasteiger partial charge in [0.05, 0.1) is 18.4 Å². The van der Waals surface area contributed by atoms with Crippen LogP contribution in [0.4, 0.5) is 5.69 Å². The molecule has 0 spiro atoms. The first-order valence-electron chi connectivity index (χ1n) is 6.78. The normalized spacial score (nSPS) is 11.8. The molecule has 0 aliphatic carbocycles. The fourth-order valence-electron chi connectivity index (χ4n) is 2.04. The second kappa shape index (κ2) is 6.28. The van der Waals surface area contributed by atoms with Gasteiger partial charge in [-0.2, -0.15) is 5.10 Å². The van der Waals surface area contributed by atoms with Crippen LogP contribution < -0.4 is 10.5 Å². The molecule has 0 radical (unpaired) electrons. The minimum atomic E-state index is -3.64. The maximum atomic E-state index is 12.4. The van der Waals surface area contributed by atoms with Crippen LogP contribution in [-0.2, 0) is 16.6 Å². The Morgan fingerprint density at radius 3 is 2.71 bits per heavy atom. The third-order valence-corrected chi connectivity index (χ3v) is 4.43. The molecule has 0 saturated heterocycles. The largest absolute Gasteiger partial charge is 0.329 e. The number of rotatable bonds is 6. The summed E-state index contributed by atoms with van der Waals surface area (Å²) in [6.45, 7) is 4.93. The average molecular weight is 308 g/mol. The highest BCUT2D eigenvalue weighted by atomic mass is 32.2. The molecule has 0 fully saturated rings. The lowest BCUT2D eigenvalue weighted by atomic mass is 10.0. The van der Waals surface area contributed by atoms with E-state index in [9.17, 15) is 8.42 Å². The molecule has 3 N–H and O–H groups in total. The van der Waals surface area contributed by atoms with E-state index >= 15 is 0 Å². The highest BCUT2D eigenvalue weighted by Gasteiger charge is 2.18. The average Bonchev–Trinajstić information content (AvgIpc) is 2.88. The van der Waals surface area contributed by atoms with Crippen molar-refractivity contribution in [2.24, 2.45) is 5.73 Å². The van der Waals surface area contributed by atoms with E-state index in [2.05, 4.69) is 9.82 Å². The summed E-state index contributed by atoms with van der Waals surface area (Å²) in [6.07, 6.45) is 2.81. The monoisotopic (exact) mass is 308 g/mol. The van der Waals surface area contributed by atoms with Gasteiger partial charge in [-0.3, -0.25) is 9.40 Å². The van der Waals surface area contributed by atoms with Gasteiger partial charge in [0.1, 0.15) is 4.90 Å². The number of aromatic nitrogens is 2. The molecule has 0 unspecified atom stereocenters. The van der Waals surface area contributed by atoms with Crippen molar-refractivity contribution in [3.05, 3.63) is 42.2 Å². The predicted molar refractivity (Wildman–Crippen MR) is 82.6 cm³/mol. The number of nitrogens with two attached hydrogens (primary N) is 1. The van der Waals surface area contributed by atoms with Crippen molar-refractivity contribution >= 4 is 15.7 Å². The van der Waals surface area contributed by atoms with Gasteiger partial charge in [0.25, 0.3) is 10.0 Å². The molecule has 0 atom stereocenters. The molecule has 7 heteroatoms. The first-order valence-corrected chi connectivity index (χ1v) is 8.26. The standard InChI is InChI=1S/C14H20N4O2S/c1-11(2)13-5-3-4-6-14(13)17-21(19,20)12-9-16-18(10-12)8-7-15/h3-6,9-11,17H,7-8,15H2,1-2H3.